The first-order chi connectivity index (χ1) is 9.06. The van der Waals surface area contributed by atoms with Gasteiger partial charge in [0, 0.05) is 12.6 Å². The summed E-state index contributed by atoms with van der Waals surface area (Å²) in [5.41, 5.74) is 9.27. The lowest BCUT2D eigenvalue weighted by atomic mass is 9.71. The van der Waals surface area contributed by atoms with Crippen molar-refractivity contribution in [1.29, 1.82) is 0 Å². The van der Waals surface area contributed by atoms with E-state index in [0.717, 1.165) is 6.54 Å². The van der Waals surface area contributed by atoms with Crippen LogP contribution in [-0.4, -0.2) is 24.0 Å². The molecule has 0 fully saturated rings. The minimum absolute atomic E-state index is 0.0337. The molecule has 19 heavy (non-hydrogen) atoms. The van der Waals surface area contributed by atoms with E-state index in [0.29, 0.717) is 18.5 Å². The first kappa shape index (κ1) is 14.5. The smallest absolute Gasteiger partial charge is 0.0588 e. The summed E-state index contributed by atoms with van der Waals surface area (Å²) in [6, 6.07) is 9.43. The monoisotopic (exact) mass is 260 g/mol. The van der Waals surface area contributed by atoms with E-state index in [1.807, 2.05) is 0 Å². The third-order valence-electron chi connectivity index (χ3n) is 4.84. The molecule has 2 N–H and O–H groups in total. The number of rotatable bonds is 4. The maximum Gasteiger partial charge on any atom is 0.0588 e. The molecular weight excluding hydrogens is 232 g/mol. The minimum Gasteiger partial charge on any atom is -0.328 e. The Hall–Kier alpha value is -0.860. The molecule has 2 atom stereocenters. The summed E-state index contributed by atoms with van der Waals surface area (Å²) in [4.78, 5) is 2.58. The van der Waals surface area contributed by atoms with Gasteiger partial charge >= 0.3 is 0 Å². The quantitative estimate of drug-likeness (QED) is 0.898. The van der Waals surface area contributed by atoms with Gasteiger partial charge in [-0.3, -0.25) is 4.90 Å². The van der Waals surface area contributed by atoms with E-state index in [2.05, 4.69) is 56.9 Å². The van der Waals surface area contributed by atoms with Gasteiger partial charge in [-0.2, -0.15) is 0 Å². The zero-order valence-electron chi connectivity index (χ0n) is 12.8. The highest BCUT2D eigenvalue weighted by atomic mass is 15.2. The zero-order chi connectivity index (χ0) is 14.0. The number of nitrogens with two attached hydrogens (primary N) is 1. The Morgan fingerprint density at radius 3 is 2.63 bits per heavy atom. The summed E-state index contributed by atoms with van der Waals surface area (Å²) in [5.74, 6) is 0.654. The topological polar surface area (TPSA) is 29.3 Å². The second-order valence-corrected chi connectivity index (χ2v) is 6.14. The van der Waals surface area contributed by atoms with Gasteiger partial charge in [0.2, 0.25) is 0 Å². The number of likely N-dealkylation sites (N-methyl/N-ethyl adjacent to an activating group) is 1. The Morgan fingerprint density at radius 1 is 1.37 bits per heavy atom. The van der Waals surface area contributed by atoms with Crippen molar-refractivity contribution < 1.29 is 0 Å². The fourth-order valence-electron chi connectivity index (χ4n) is 3.89. The molecule has 0 saturated carbocycles. The third kappa shape index (κ3) is 2.32. The predicted octanol–water partition coefficient (Wildman–Crippen LogP) is 3.47. The van der Waals surface area contributed by atoms with Crippen molar-refractivity contribution in [3.05, 3.63) is 35.4 Å². The lowest BCUT2D eigenvalue weighted by Gasteiger charge is -2.50. The summed E-state index contributed by atoms with van der Waals surface area (Å²) >= 11 is 0. The van der Waals surface area contributed by atoms with E-state index in [1.54, 1.807) is 0 Å². The molecular formula is C17H28N2. The molecule has 1 aromatic carbocycles. The van der Waals surface area contributed by atoms with Crippen LogP contribution in [0.3, 0.4) is 0 Å². The molecule has 1 aliphatic carbocycles. The van der Waals surface area contributed by atoms with Crippen molar-refractivity contribution >= 4 is 0 Å². The second kappa shape index (κ2) is 5.64. The van der Waals surface area contributed by atoms with Crippen LogP contribution in [0.2, 0.25) is 0 Å². The van der Waals surface area contributed by atoms with Gasteiger partial charge in [0.1, 0.15) is 0 Å². The third-order valence-corrected chi connectivity index (χ3v) is 4.84. The fraction of sp³-hybridized carbons (Fsp3) is 0.647. The number of hydrogen-bond donors (Lipinski definition) is 1. The highest BCUT2D eigenvalue weighted by molar-refractivity contribution is 5.39. The second-order valence-electron chi connectivity index (χ2n) is 6.14. The predicted molar refractivity (Wildman–Crippen MR) is 82.3 cm³/mol. The average Bonchev–Trinajstić information content (AvgIpc) is 2.42. The number of hydrogen-bond acceptors (Lipinski definition) is 2. The molecule has 0 aliphatic heterocycles. The Labute approximate surface area is 118 Å². The lowest BCUT2D eigenvalue weighted by Crippen LogP contribution is -2.55. The Morgan fingerprint density at radius 2 is 2.05 bits per heavy atom. The van der Waals surface area contributed by atoms with E-state index in [9.17, 15) is 0 Å². The molecule has 0 spiro atoms. The molecule has 0 bridgehead atoms. The summed E-state index contributed by atoms with van der Waals surface area (Å²) in [5, 5.41) is 0. The summed E-state index contributed by atoms with van der Waals surface area (Å²) in [7, 11) is 0. The van der Waals surface area contributed by atoms with Crippen molar-refractivity contribution in [2.24, 2.45) is 5.73 Å². The van der Waals surface area contributed by atoms with Gasteiger partial charge in [-0.15, -0.1) is 0 Å². The molecule has 0 amide bonds. The number of benzene rings is 1. The molecule has 2 heteroatoms. The standard InChI is InChI=1S/C17H28N2/c1-5-19(13(2)3)17(12-18)11-10-14(4)15-8-6-7-9-16(15)17/h6-9,13-14H,5,10-12,18H2,1-4H3. The SMILES string of the molecule is CCN(C(C)C)C1(CN)CCC(C)c2ccccc21. The molecule has 0 heterocycles. The number of fused-ring (bicyclic) bond motifs is 1. The van der Waals surface area contributed by atoms with Crippen molar-refractivity contribution in [3.8, 4) is 0 Å². The maximum absolute atomic E-state index is 6.27. The zero-order valence-corrected chi connectivity index (χ0v) is 12.8. The summed E-state index contributed by atoms with van der Waals surface area (Å²) < 4.78 is 0. The molecule has 0 aromatic heterocycles. The van der Waals surface area contributed by atoms with Crippen LogP contribution in [0.1, 0.15) is 57.6 Å². The van der Waals surface area contributed by atoms with Crippen LogP contribution in [0.25, 0.3) is 0 Å². The normalized spacial score (nSPS) is 26.8. The first-order valence-electron chi connectivity index (χ1n) is 7.63. The van der Waals surface area contributed by atoms with E-state index in [1.165, 1.54) is 24.0 Å². The summed E-state index contributed by atoms with van der Waals surface area (Å²) in [6.07, 6.45) is 2.41. The van der Waals surface area contributed by atoms with Crippen LogP contribution in [0, 0.1) is 0 Å². The lowest BCUT2D eigenvalue weighted by molar-refractivity contribution is 0.0463. The van der Waals surface area contributed by atoms with Crippen LogP contribution in [0.5, 0.6) is 0 Å². The molecule has 106 valence electrons. The molecule has 0 saturated heterocycles. The maximum atomic E-state index is 6.27. The molecule has 2 nitrogen and oxygen atoms in total. The van der Waals surface area contributed by atoms with Crippen molar-refractivity contribution in [2.45, 2.75) is 58.0 Å². The number of nitrogens with zero attached hydrogens (tertiary/aromatic N) is 1. The highest BCUT2D eigenvalue weighted by Crippen LogP contribution is 2.44. The van der Waals surface area contributed by atoms with Gasteiger partial charge in [0.15, 0.2) is 0 Å². The van der Waals surface area contributed by atoms with Crippen molar-refractivity contribution in [3.63, 3.8) is 0 Å². The molecule has 2 rings (SSSR count). The summed E-state index contributed by atoms with van der Waals surface area (Å²) in [6.45, 7) is 10.9. The van der Waals surface area contributed by atoms with Gasteiger partial charge < -0.3 is 5.73 Å². The largest absolute Gasteiger partial charge is 0.328 e. The minimum atomic E-state index is 0.0337. The molecule has 0 radical (unpaired) electrons. The fourth-order valence-corrected chi connectivity index (χ4v) is 3.89. The van der Waals surface area contributed by atoms with Gasteiger partial charge in [0.25, 0.3) is 0 Å². The highest BCUT2D eigenvalue weighted by Gasteiger charge is 2.42. The van der Waals surface area contributed by atoms with E-state index in [4.69, 9.17) is 5.73 Å². The Balaban J connectivity index is 2.55. The van der Waals surface area contributed by atoms with Crippen LogP contribution < -0.4 is 5.73 Å². The first-order valence-corrected chi connectivity index (χ1v) is 7.63. The molecule has 1 aromatic rings. The van der Waals surface area contributed by atoms with Crippen molar-refractivity contribution in [2.75, 3.05) is 13.1 Å². The van der Waals surface area contributed by atoms with E-state index in [-0.39, 0.29) is 5.54 Å². The van der Waals surface area contributed by atoms with Gasteiger partial charge in [-0.05, 0) is 50.3 Å². The molecule has 1 aliphatic rings. The Kier molecular flexibility index (Phi) is 4.32. The van der Waals surface area contributed by atoms with Crippen LogP contribution in [0.4, 0.5) is 0 Å². The van der Waals surface area contributed by atoms with Crippen LogP contribution in [-0.2, 0) is 5.54 Å². The Bertz CT molecular complexity index is 427. The van der Waals surface area contributed by atoms with Crippen molar-refractivity contribution in [1.82, 2.24) is 4.90 Å². The van der Waals surface area contributed by atoms with Gasteiger partial charge in [0.05, 0.1) is 5.54 Å². The van der Waals surface area contributed by atoms with Crippen LogP contribution in [0.15, 0.2) is 24.3 Å². The van der Waals surface area contributed by atoms with Gasteiger partial charge in [-0.1, -0.05) is 38.1 Å². The van der Waals surface area contributed by atoms with Gasteiger partial charge in [-0.25, -0.2) is 0 Å². The van der Waals surface area contributed by atoms with Crippen LogP contribution >= 0.6 is 0 Å². The van der Waals surface area contributed by atoms with E-state index >= 15 is 0 Å². The molecule has 2 unspecified atom stereocenters. The average molecular weight is 260 g/mol. The van der Waals surface area contributed by atoms with E-state index < -0.39 is 0 Å².